The van der Waals surface area contributed by atoms with Gasteiger partial charge in [-0.25, -0.2) is 8.78 Å². The third kappa shape index (κ3) is 2.12. The quantitative estimate of drug-likeness (QED) is 0.732. The molecule has 7 heteroatoms. The lowest BCUT2D eigenvalue weighted by molar-refractivity contribution is 0.581. The van der Waals surface area contributed by atoms with E-state index in [1.165, 1.54) is 6.07 Å². The molecule has 0 amide bonds. The fourth-order valence-corrected chi connectivity index (χ4v) is 2.54. The van der Waals surface area contributed by atoms with Crippen molar-refractivity contribution in [1.82, 2.24) is 14.6 Å². The SMILES string of the molecule is Nc1c(F)cc(F)cc1Sc1nnc2ccccn12. The van der Waals surface area contributed by atoms with E-state index in [-0.39, 0.29) is 10.6 Å². The zero-order valence-electron chi connectivity index (χ0n) is 9.55. The van der Waals surface area contributed by atoms with Gasteiger partial charge < -0.3 is 5.73 Å². The molecule has 0 radical (unpaired) electrons. The second-order valence-electron chi connectivity index (χ2n) is 3.81. The number of hydrogen-bond donors (Lipinski definition) is 1. The summed E-state index contributed by atoms with van der Waals surface area (Å²) in [6.45, 7) is 0. The first-order valence-electron chi connectivity index (χ1n) is 5.37. The lowest BCUT2D eigenvalue weighted by atomic mass is 10.3. The molecule has 96 valence electrons. The molecule has 0 spiro atoms. The van der Waals surface area contributed by atoms with Crippen LogP contribution in [0.3, 0.4) is 0 Å². The highest BCUT2D eigenvalue weighted by Gasteiger charge is 2.13. The Morgan fingerprint density at radius 1 is 1.16 bits per heavy atom. The van der Waals surface area contributed by atoms with Crippen molar-refractivity contribution in [3.8, 4) is 0 Å². The first-order valence-corrected chi connectivity index (χ1v) is 6.19. The van der Waals surface area contributed by atoms with Gasteiger partial charge >= 0.3 is 0 Å². The van der Waals surface area contributed by atoms with E-state index in [1.807, 2.05) is 12.1 Å². The second-order valence-corrected chi connectivity index (χ2v) is 4.82. The van der Waals surface area contributed by atoms with E-state index in [0.29, 0.717) is 10.8 Å². The molecule has 1 aromatic carbocycles. The molecule has 19 heavy (non-hydrogen) atoms. The standard InChI is InChI=1S/C12H8F2N4S/c13-7-5-8(14)11(15)9(6-7)19-12-17-16-10-3-1-2-4-18(10)12/h1-6H,15H2. The number of anilines is 1. The molecule has 2 aromatic heterocycles. The minimum absolute atomic E-state index is 0.0981. The maximum absolute atomic E-state index is 13.4. The molecule has 2 heterocycles. The monoisotopic (exact) mass is 278 g/mol. The van der Waals surface area contributed by atoms with Crippen molar-refractivity contribution in [2.24, 2.45) is 0 Å². The topological polar surface area (TPSA) is 56.2 Å². The van der Waals surface area contributed by atoms with Gasteiger partial charge in [-0.05, 0) is 30.0 Å². The highest BCUT2D eigenvalue weighted by atomic mass is 32.2. The van der Waals surface area contributed by atoms with Crippen molar-refractivity contribution in [2.45, 2.75) is 10.1 Å². The minimum atomic E-state index is -0.781. The number of aromatic nitrogens is 3. The maximum Gasteiger partial charge on any atom is 0.200 e. The van der Waals surface area contributed by atoms with Gasteiger partial charge in [-0.3, -0.25) is 4.40 Å². The largest absolute Gasteiger partial charge is 0.395 e. The Morgan fingerprint density at radius 3 is 2.84 bits per heavy atom. The van der Waals surface area contributed by atoms with Gasteiger partial charge in [0, 0.05) is 17.2 Å². The summed E-state index contributed by atoms with van der Waals surface area (Å²) >= 11 is 1.06. The molecule has 0 atom stereocenters. The van der Waals surface area contributed by atoms with Gasteiger partial charge in [-0.15, -0.1) is 10.2 Å². The van der Waals surface area contributed by atoms with E-state index in [0.717, 1.165) is 17.8 Å². The van der Waals surface area contributed by atoms with Gasteiger partial charge in [0.05, 0.1) is 5.69 Å². The fourth-order valence-electron chi connectivity index (χ4n) is 1.63. The summed E-state index contributed by atoms with van der Waals surface area (Å²) in [7, 11) is 0. The summed E-state index contributed by atoms with van der Waals surface area (Å²) in [6, 6.07) is 7.35. The number of rotatable bonds is 2. The molecule has 3 rings (SSSR count). The molecule has 3 aromatic rings. The Bertz CT molecular complexity index is 757. The number of pyridine rings is 1. The maximum atomic E-state index is 13.4. The average Bonchev–Trinajstić information content (AvgIpc) is 2.79. The number of hydrogen-bond acceptors (Lipinski definition) is 4. The Morgan fingerprint density at radius 2 is 2.00 bits per heavy atom. The van der Waals surface area contributed by atoms with Gasteiger partial charge in [0.2, 0.25) is 5.16 Å². The summed E-state index contributed by atoms with van der Waals surface area (Å²) in [5, 5.41) is 8.41. The van der Waals surface area contributed by atoms with Crippen molar-refractivity contribution < 1.29 is 8.78 Å². The Balaban J connectivity index is 2.06. The number of halogens is 2. The van der Waals surface area contributed by atoms with Crippen LogP contribution in [0.25, 0.3) is 5.65 Å². The smallest absolute Gasteiger partial charge is 0.200 e. The fraction of sp³-hybridized carbons (Fsp3) is 0. The summed E-state index contributed by atoms with van der Waals surface area (Å²) < 4.78 is 28.3. The number of fused-ring (bicyclic) bond motifs is 1. The first-order chi connectivity index (χ1) is 9.15. The molecule has 2 N–H and O–H groups in total. The van der Waals surface area contributed by atoms with Gasteiger partial charge in [0.1, 0.15) is 11.6 Å². The molecular weight excluding hydrogens is 270 g/mol. The molecule has 0 aliphatic rings. The first kappa shape index (κ1) is 11.9. The van der Waals surface area contributed by atoms with Crippen LogP contribution in [0, 0.1) is 11.6 Å². The zero-order valence-corrected chi connectivity index (χ0v) is 10.4. The summed E-state index contributed by atoms with van der Waals surface area (Å²) in [5.41, 5.74) is 6.15. The predicted molar refractivity (Wildman–Crippen MR) is 67.9 cm³/mol. The van der Waals surface area contributed by atoms with Crippen LogP contribution in [0.15, 0.2) is 46.6 Å². The second kappa shape index (κ2) is 4.51. The highest BCUT2D eigenvalue weighted by Crippen LogP contribution is 2.33. The number of nitrogens with two attached hydrogens (primary N) is 1. The van der Waals surface area contributed by atoms with Crippen molar-refractivity contribution in [1.29, 1.82) is 0 Å². The van der Waals surface area contributed by atoms with E-state index in [4.69, 9.17) is 5.73 Å². The van der Waals surface area contributed by atoms with E-state index in [2.05, 4.69) is 10.2 Å². The van der Waals surface area contributed by atoms with Crippen molar-refractivity contribution in [3.05, 3.63) is 48.2 Å². The van der Waals surface area contributed by atoms with Crippen LogP contribution in [0.2, 0.25) is 0 Å². The Hall–Kier alpha value is -2.15. The van der Waals surface area contributed by atoms with Crippen molar-refractivity contribution in [3.63, 3.8) is 0 Å². The normalized spacial score (nSPS) is 11.1. The van der Waals surface area contributed by atoms with Crippen LogP contribution in [0.5, 0.6) is 0 Å². The van der Waals surface area contributed by atoms with E-state index >= 15 is 0 Å². The minimum Gasteiger partial charge on any atom is -0.395 e. The van der Waals surface area contributed by atoms with Gasteiger partial charge in [-0.1, -0.05) is 6.07 Å². The third-order valence-corrected chi connectivity index (χ3v) is 3.56. The predicted octanol–water partition coefficient (Wildman–Crippen LogP) is 2.74. The number of nitrogens with zero attached hydrogens (tertiary/aromatic N) is 3. The number of nitrogen functional groups attached to an aromatic ring is 1. The van der Waals surface area contributed by atoms with Crippen LogP contribution in [-0.4, -0.2) is 14.6 Å². The van der Waals surface area contributed by atoms with Gasteiger partial charge in [-0.2, -0.15) is 0 Å². The molecule has 0 saturated heterocycles. The molecule has 0 bridgehead atoms. The van der Waals surface area contributed by atoms with E-state index in [9.17, 15) is 8.78 Å². The molecule has 0 aliphatic heterocycles. The molecule has 0 unspecified atom stereocenters. The summed E-state index contributed by atoms with van der Waals surface area (Å²) in [4.78, 5) is 0.274. The van der Waals surface area contributed by atoms with Crippen molar-refractivity contribution >= 4 is 23.1 Å². The molecular formula is C12H8F2N4S. The van der Waals surface area contributed by atoms with Gasteiger partial charge in [0.25, 0.3) is 0 Å². The van der Waals surface area contributed by atoms with Crippen LogP contribution >= 0.6 is 11.8 Å². The lowest BCUT2D eigenvalue weighted by Crippen LogP contribution is -1.96. The van der Waals surface area contributed by atoms with Crippen LogP contribution in [0.4, 0.5) is 14.5 Å². The van der Waals surface area contributed by atoms with E-state index in [1.54, 1.807) is 16.7 Å². The lowest BCUT2D eigenvalue weighted by Gasteiger charge is -2.05. The van der Waals surface area contributed by atoms with Crippen LogP contribution in [-0.2, 0) is 0 Å². The molecule has 4 nitrogen and oxygen atoms in total. The molecule has 0 fully saturated rings. The number of benzene rings is 1. The molecule has 0 aliphatic carbocycles. The average molecular weight is 278 g/mol. The Kier molecular flexibility index (Phi) is 2.83. The third-order valence-electron chi connectivity index (χ3n) is 2.54. The highest BCUT2D eigenvalue weighted by molar-refractivity contribution is 7.99. The molecule has 0 saturated carbocycles. The van der Waals surface area contributed by atoms with Crippen LogP contribution in [0.1, 0.15) is 0 Å². The Labute approximate surface area is 111 Å². The summed E-state index contributed by atoms with van der Waals surface area (Å²) in [5.74, 6) is -1.46. The van der Waals surface area contributed by atoms with Crippen molar-refractivity contribution in [2.75, 3.05) is 5.73 Å². The van der Waals surface area contributed by atoms with Gasteiger partial charge in [0.15, 0.2) is 5.65 Å². The zero-order chi connectivity index (χ0) is 13.4. The van der Waals surface area contributed by atoms with E-state index < -0.39 is 11.6 Å². The van der Waals surface area contributed by atoms with Crippen LogP contribution < -0.4 is 5.73 Å². The summed E-state index contributed by atoms with van der Waals surface area (Å²) in [6.07, 6.45) is 1.77.